The molecule has 168 valence electrons. The standard InChI is InChI=1S/C21H32N4O4.HI/c1-7-16-15(17(8-2)29-25-16)13-24-21(22-9-3)23-12-14-10-19(27-5)20(28-6)11-18(14)26-4;/h10-11H,7-9,12-13H2,1-6H3,(H2,22,23,24);1H. The molecular formula is C21H33IN4O4. The Morgan fingerprint density at radius 2 is 1.63 bits per heavy atom. The van der Waals surface area contributed by atoms with Crippen LogP contribution in [-0.2, 0) is 25.9 Å². The fourth-order valence-corrected chi connectivity index (χ4v) is 3.03. The van der Waals surface area contributed by atoms with Gasteiger partial charge in [0.2, 0.25) is 0 Å². The van der Waals surface area contributed by atoms with Gasteiger partial charge in [-0.3, -0.25) is 0 Å². The van der Waals surface area contributed by atoms with E-state index < -0.39 is 0 Å². The van der Waals surface area contributed by atoms with Crippen LogP contribution in [0.5, 0.6) is 17.2 Å². The van der Waals surface area contributed by atoms with Crippen LogP contribution in [0.3, 0.4) is 0 Å². The number of benzene rings is 1. The van der Waals surface area contributed by atoms with Crippen LogP contribution in [-0.4, -0.2) is 39.0 Å². The Morgan fingerprint density at radius 3 is 2.20 bits per heavy atom. The highest BCUT2D eigenvalue weighted by Crippen LogP contribution is 2.34. The van der Waals surface area contributed by atoms with Gasteiger partial charge in [-0.05, 0) is 19.4 Å². The maximum absolute atomic E-state index is 5.49. The molecule has 0 amide bonds. The molecule has 1 heterocycles. The third-order valence-corrected chi connectivity index (χ3v) is 4.58. The molecule has 0 radical (unpaired) electrons. The summed E-state index contributed by atoms with van der Waals surface area (Å²) in [5.41, 5.74) is 2.98. The quantitative estimate of drug-likeness (QED) is 0.274. The van der Waals surface area contributed by atoms with Crippen molar-refractivity contribution >= 4 is 29.9 Å². The molecule has 2 aromatic rings. The number of hydrogen-bond acceptors (Lipinski definition) is 6. The van der Waals surface area contributed by atoms with Crippen LogP contribution in [0.25, 0.3) is 0 Å². The van der Waals surface area contributed by atoms with Gasteiger partial charge in [-0.25, -0.2) is 4.99 Å². The van der Waals surface area contributed by atoms with E-state index in [1.165, 1.54) is 0 Å². The van der Waals surface area contributed by atoms with E-state index in [0.717, 1.165) is 42.0 Å². The fourth-order valence-electron chi connectivity index (χ4n) is 3.03. The van der Waals surface area contributed by atoms with Crippen LogP contribution >= 0.6 is 24.0 Å². The van der Waals surface area contributed by atoms with Crippen LogP contribution in [0.1, 0.15) is 43.4 Å². The van der Waals surface area contributed by atoms with E-state index in [4.69, 9.17) is 23.7 Å². The van der Waals surface area contributed by atoms with Crippen LogP contribution in [0, 0.1) is 0 Å². The highest BCUT2D eigenvalue weighted by atomic mass is 127. The Morgan fingerprint density at radius 1 is 0.967 bits per heavy atom. The molecule has 9 heteroatoms. The zero-order valence-electron chi connectivity index (χ0n) is 18.6. The number of aromatic nitrogens is 1. The highest BCUT2D eigenvalue weighted by molar-refractivity contribution is 14.0. The van der Waals surface area contributed by atoms with Crippen molar-refractivity contribution in [2.24, 2.45) is 4.99 Å². The molecule has 0 unspecified atom stereocenters. The van der Waals surface area contributed by atoms with Crippen LogP contribution < -0.4 is 24.8 Å². The molecule has 0 atom stereocenters. The summed E-state index contributed by atoms with van der Waals surface area (Å²) in [6.07, 6.45) is 1.64. The van der Waals surface area contributed by atoms with E-state index >= 15 is 0 Å². The Hall–Kier alpha value is -2.17. The topological polar surface area (TPSA) is 90.1 Å². The highest BCUT2D eigenvalue weighted by Gasteiger charge is 2.14. The number of hydrogen-bond donors (Lipinski definition) is 2. The summed E-state index contributed by atoms with van der Waals surface area (Å²) in [6.45, 7) is 7.94. The first-order valence-electron chi connectivity index (χ1n) is 9.88. The number of nitrogens with one attached hydrogen (secondary N) is 2. The third-order valence-electron chi connectivity index (χ3n) is 4.58. The van der Waals surface area contributed by atoms with Crippen molar-refractivity contribution in [1.29, 1.82) is 0 Å². The summed E-state index contributed by atoms with van der Waals surface area (Å²) >= 11 is 0. The number of ether oxygens (including phenoxy) is 3. The van der Waals surface area contributed by atoms with E-state index in [2.05, 4.69) is 29.6 Å². The summed E-state index contributed by atoms with van der Waals surface area (Å²) in [5, 5.41) is 10.8. The maximum Gasteiger partial charge on any atom is 0.191 e. The first-order valence-corrected chi connectivity index (χ1v) is 9.88. The summed E-state index contributed by atoms with van der Waals surface area (Å²) in [7, 11) is 4.84. The minimum Gasteiger partial charge on any atom is -0.496 e. The minimum absolute atomic E-state index is 0. The monoisotopic (exact) mass is 532 g/mol. The normalized spacial score (nSPS) is 10.9. The van der Waals surface area contributed by atoms with Gasteiger partial charge in [0, 0.05) is 36.7 Å². The molecule has 0 bridgehead atoms. The molecular weight excluding hydrogens is 499 g/mol. The number of aliphatic imine (C=N–C) groups is 1. The lowest BCUT2D eigenvalue weighted by Crippen LogP contribution is -2.37. The van der Waals surface area contributed by atoms with Crippen LogP contribution in [0.2, 0.25) is 0 Å². The molecule has 0 saturated heterocycles. The predicted molar refractivity (Wildman–Crippen MR) is 128 cm³/mol. The molecule has 2 N–H and O–H groups in total. The Kier molecular flexibility index (Phi) is 11.4. The Balaban J connectivity index is 0.00000450. The number of rotatable bonds is 10. The van der Waals surface area contributed by atoms with Crippen molar-refractivity contribution in [2.45, 2.75) is 46.7 Å². The minimum atomic E-state index is 0. The largest absolute Gasteiger partial charge is 0.496 e. The second-order valence-corrected chi connectivity index (χ2v) is 6.31. The molecule has 0 aliphatic rings. The second-order valence-electron chi connectivity index (χ2n) is 6.31. The smallest absolute Gasteiger partial charge is 0.191 e. The number of nitrogens with zero attached hydrogens (tertiary/aromatic N) is 2. The zero-order valence-corrected chi connectivity index (χ0v) is 21.0. The molecule has 1 aromatic heterocycles. The van der Waals surface area contributed by atoms with Gasteiger partial charge in [0.05, 0.1) is 33.6 Å². The lowest BCUT2D eigenvalue weighted by atomic mass is 10.1. The lowest BCUT2D eigenvalue weighted by Gasteiger charge is -2.14. The number of halogens is 1. The molecule has 2 rings (SSSR count). The maximum atomic E-state index is 5.49. The van der Waals surface area contributed by atoms with Crippen molar-refractivity contribution in [3.05, 3.63) is 34.7 Å². The number of guanidine groups is 1. The Bertz CT molecular complexity index is 802. The number of methoxy groups -OCH3 is 3. The molecule has 0 aliphatic heterocycles. The molecule has 0 fully saturated rings. The predicted octanol–water partition coefficient (Wildman–Crippen LogP) is 3.70. The molecule has 1 aromatic carbocycles. The SMILES string of the molecule is CCNC(=NCc1cc(OC)c(OC)cc1OC)NCc1c(CC)noc1CC.I. The first kappa shape index (κ1) is 25.9. The summed E-state index contributed by atoms with van der Waals surface area (Å²) in [4.78, 5) is 4.70. The molecule has 30 heavy (non-hydrogen) atoms. The van der Waals surface area contributed by atoms with E-state index in [0.29, 0.717) is 36.3 Å². The summed E-state index contributed by atoms with van der Waals surface area (Å²) < 4.78 is 21.7. The van der Waals surface area contributed by atoms with E-state index in [1.54, 1.807) is 21.3 Å². The van der Waals surface area contributed by atoms with E-state index in [9.17, 15) is 0 Å². The van der Waals surface area contributed by atoms with Gasteiger partial charge < -0.3 is 29.4 Å². The molecule has 0 saturated carbocycles. The van der Waals surface area contributed by atoms with Gasteiger partial charge in [-0.1, -0.05) is 19.0 Å². The average molecular weight is 532 g/mol. The van der Waals surface area contributed by atoms with Crippen molar-refractivity contribution in [1.82, 2.24) is 15.8 Å². The zero-order chi connectivity index (χ0) is 21.2. The lowest BCUT2D eigenvalue weighted by molar-refractivity contribution is 0.347. The van der Waals surface area contributed by atoms with Crippen molar-refractivity contribution in [2.75, 3.05) is 27.9 Å². The van der Waals surface area contributed by atoms with Gasteiger partial charge in [0.15, 0.2) is 17.5 Å². The summed E-state index contributed by atoms with van der Waals surface area (Å²) in [5.74, 6) is 3.57. The summed E-state index contributed by atoms with van der Waals surface area (Å²) in [6, 6.07) is 3.69. The van der Waals surface area contributed by atoms with Crippen molar-refractivity contribution in [3.8, 4) is 17.2 Å². The second kappa shape index (κ2) is 13.2. The van der Waals surface area contributed by atoms with Gasteiger partial charge >= 0.3 is 0 Å². The van der Waals surface area contributed by atoms with E-state index in [-0.39, 0.29) is 24.0 Å². The number of aryl methyl sites for hydroxylation is 2. The average Bonchev–Trinajstić information content (AvgIpc) is 3.16. The molecule has 8 nitrogen and oxygen atoms in total. The van der Waals surface area contributed by atoms with E-state index in [1.807, 2.05) is 19.1 Å². The first-order chi connectivity index (χ1) is 14.1. The van der Waals surface area contributed by atoms with Gasteiger partial charge in [-0.2, -0.15) is 0 Å². The molecule has 0 spiro atoms. The van der Waals surface area contributed by atoms with Gasteiger partial charge in [0.25, 0.3) is 0 Å². The van der Waals surface area contributed by atoms with Crippen LogP contribution in [0.4, 0.5) is 0 Å². The van der Waals surface area contributed by atoms with Gasteiger partial charge in [-0.15, -0.1) is 24.0 Å². The Labute approximate surface area is 195 Å². The van der Waals surface area contributed by atoms with Gasteiger partial charge in [0.1, 0.15) is 11.5 Å². The molecule has 0 aliphatic carbocycles. The van der Waals surface area contributed by atoms with Crippen LogP contribution in [0.15, 0.2) is 21.6 Å². The van der Waals surface area contributed by atoms with Crippen molar-refractivity contribution in [3.63, 3.8) is 0 Å². The fraction of sp³-hybridized carbons (Fsp3) is 0.524. The third kappa shape index (κ3) is 6.41. The van der Waals surface area contributed by atoms with Crippen molar-refractivity contribution < 1.29 is 18.7 Å².